The summed E-state index contributed by atoms with van der Waals surface area (Å²) in [6.45, 7) is 2.54. The topological polar surface area (TPSA) is 39.1 Å². The third-order valence-electron chi connectivity index (χ3n) is 3.46. The average Bonchev–Trinajstić information content (AvgIpc) is 3.11. The molecule has 0 bridgehead atoms. The molecule has 1 aliphatic rings. The van der Waals surface area contributed by atoms with E-state index in [-0.39, 0.29) is 0 Å². The summed E-state index contributed by atoms with van der Waals surface area (Å²) in [5.74, 6) is 0. The lowest BCUT2D eigenvalue weighted by Crippen LogP contribution is -2.15. The Morgan fingerprint density at radius 2 is 2.20 bits per heavy atom. The molecule has 4 nitrogen and oxygen atoms in total. The van der Waals surface area contributed by atoms with Gasteiger partial charge >= 0.3 is 0 Å². The molecule has 2 aromatic rings. The molecule has 1 N–H and O–H groups in total. The van der Waals surface area contributed by atoms with Crippen molar-refractivity contribution in [2.75, 3.05) is 11.9 Å². The molecule has 1 atom stereocenters. The molecule has 1 aromatic heterocycles. The molecule has 3 rings (SSSR count). The summed E-state index contributed by atoms with van der Waals surface area (Å²) in [6.07, 6.45) is 6.55. The molecule has 0 radical (unpaired) electrons. The highest BCUT2D eigenvalue weighted by Crippen LogP contribution is 2.16. The molecular formula is C15H18BrN3O. The van der Waals surface area contributed by atoms with Crippen LogP contribution in [0.3, 0.4) is 0 Å². The summed E-state index contributed by atoms with van der Waals surface area (Å²) in [5, 5.41) is 7.76. The number of ether oxygens (including phenoxy) is 1. The maximum absolute atomic E-state index is 5.62. The second-order valence-electron chi connectivity index (χ2n) is 5.07. The summed E-state index contributed by atoms with van der Waals surface area (Å²) < 4.78 is 8.68. The number of nitrogens with zero attached hydrogens (tertiary/aromatic N) is 2. The van der Waals surface area contributed by atoms with Crippen LogP contribution in [0.5, 0.6) is 0 Å². The Morgan fingerprint density at radius 1 is 1.35 bits per heavy atom. The number of hydrogen-bond donors (Lipinski definition) is 1. The number of anilines is 1. The summed E-state index contributed by atoms with van der Waals surface area (Å²) in [4.78, 5) is 0. The monoisotopic (exact) mass is 335 g/mol. The second kappa shape index (κ2) is 6.41. The fourth-order valence-corrected chi connectivity index (χ4v) is 2.62. The largest absolute Gasteiger partial charge is 0.378 e. The normalized spacial score (nSPS) is 18.4. The molecule has 2 heterocycles. The van der Waals surface area contributed by atoms with Crippen molar-refractivity contribution in [3.63, 3.8) is 0 Å². The number of rotatable bonds is 5. The van der Waals surface area contributed by atoms with E-state index in [1.54, 1.807) is 0 Å². The van der Waals surface area contributed by atoms with Crippen LogP contribution < -0.4 is 5.32 Å². The van der Waals surface area contributed by atoms with Crippen LogP contribution in [-0.2, 0) is 17.8 Å². The summed E-state index contributed by atoms with van der Waals surface area (Å²) in [6, 6.07) is 8.32. The number of benzene rings is 1. The van der Waals surface area contributed by atoms with E-state index in [4.69, 9.17) is 4.74 Å². The van der Waals surface area contributed by atoms with E-state index in [1.165, 1.54) is 12.0 Å². The molecule has 0 spiro atoms. The molecular weight excluding hydrogens is 318 g/mol. The molecule has 1 aromatic carbocycles. The maximum atomic E-state index is 5.62. The fourth-order valence-electron chi connectivity index (χ4n) is 2.36. The number of aromatic nitrogens is 2. The zero-order chi connectivity index (χ0) is 13.8. The molecule has 0 amide bonds. The van der Waals surface area contributed by atoms with Gasteiger partial charge in [-0.15, -0.1) is 0 Å². The highest BCUT2D eigenvalue weighted by molar-refractivity contribution is 9.10. The minimum absolute atomic E-state index is 0.328. The third-order valence-corrected chi connectivity index (χ3v) is 3.99. The van der Waals surface area contributed by atoms with E-state index in [1.807, 2.05) is 17.1 Å². The van der Waals surface area contributed by atoms with E-state index in [0.29, 0.717) is 6.10 Å². The van der Waals surface area contributed by atoms with Crippen molar-refractivity contribution in [2.45, 2.75) is 32.0 Å². The van der Waals surface area contributed by atoms with Gasteiger partial charge in [0.15, 0.2) is 0 Å². The Kier molecular flexibility index (Phi) is 4.38. The standard InChI is InChI=1S/C15H18BrN3O/c16-13-5-3-12(4-6-13)8-17-14-9-18-19(10-14)11-15-2-1-7-20-15/h3-6,9-10,15,17H,1-2,7-8,11H2. The first-order valence-corrected chi connectivity index (χ1v) is 7.71. The first-order valence-electron chi connectivity index (χ1n) is 6.92. The fraction of sp³-hybridized carbons (Fsp3) is 0.400. The number of nitrogens with one attached hydrogen (secondary N) is 1. The van der Waals surface area contributed by atoms with Gasteiger partial charge in [-0.1, -0.05) is 28.1 Å². The van der Waals surface area contributed by atoms with Gasteiger partial charge < -0.3 is 10.1 Å². The average molecular weight is 336 g/mol. The van der Waals surface area contributed by atoms with Crippen molar-refractivity contribution in [3.05, 3.63) is 46.7 Å². The van der Waals surface area contributed by atoms with Gasteiger partial charge in [0, 0.05) is 23.8 Å². The smallest absolute Gasteiger partial charge is 0.0771 e. The highest BCUT2D eigenvalue weighted by Gasteiger charge is 2.16. The van der Waals surface area contributed by atoms with Gasteiger partial charge in [0.25, 0.3) is 0 Å². The Balaban J connectivity index is 1.52. The molecule has 1 aliphatic heterocycles. The molecule has 1 fully saturated rings. The molecule has 1 unspecified atom stereocenters. The van der Waals surface area contributed by atoms with Crippen molar-refractivity contribution in [1.29, 1.82) is 0 Å². The first kappa shape index (κ1) is 13.6. The summed E-state index contributed by atoms with van der Waals surface area (Å²) >= 11 is 3.44. The molecule has 106 valence electrons. The lowest BCUT2D eigenvalue weighted by Gasteiger charge is -2.08. The summed E-state index contributed by atoms with van der Waals surface area (Å²) in [5.41, 5.74) is 2.30. The van der Waals surface area contributed by atoms with Gasteiger partial charge in [0.05, 0.1) is 24.5 Å². The third kappa shape index (κ3) is 3.61. The van der Waals surface area contributed by atoms with Crippen LogP contribution in [0.25, 0.3) is 0 Å². The summed E-state index contributed by atoms with van der Waals surface area (Å²) in [7, 11) is 0. The Labute approximate surface area is 127 Å². The van der Waals surface area contributed by atoms with Crippen molar-refractivity contribution in [3.8, 4) is 0 Å². The number of hydrogen-bond acceptors (Lipinski definition) is 3. The molecule has 1 saturated heterocycles. The SMILES string of the molecule is Brc1ccc(CNc2cnn(CC3CCCO3)c2)cc1. The van der Waals surface area contributed by atoms with Gasteiger partial charge in [-0.2, -0.15) is 5.10 Å². The lowest BCUT2D eigenvalue weighted by molar-refractivity contribution is 0.0940. The van der Waals surface area contributed by atoms with Crippen LogP contribution in [0.2, 0.25) is 0 Å². The van der Waals surface area contributed by atoms with E-state index >= 15 is 0 Å². The van der Waals surface area contributed by atoms with Crippen LogP contribution in [-0.4, -0.2) is 22.5 Å². The zero-order valence-corrected chi connectivity index (χ0v) is 12.8. The maximum Gasteiger partial charge on any atom is 0.0771 e. The highest BCUT2D eigenvalue weighted by atomic mass is 79.9. The Hall–Kier alpha value is -1.33. The van der Waals surface area contributed by atoms with Crippen LogP contribution in [0.1, 0.15) is 18.4 Å². The quantitative estimate of drug-likeness (QED) is 0.909. The Bertz CT molecular complexity index is 547. The van der Waals surface area contributed by atoms with Crippen molar-refractivity contribution in [2.24, 2.45) is 0 Å². The van der Waals surface area contributed by atoms with Gasteiger partial charge in [0.1, 0.15) is 0 Å². The van der Waals surface area contributed by atoms with Crippen molar-refractivity contribution >= 4 is 21.6 Å². The molecule has 20 heavy (non-hydrogen) atoms. The lowest BCUT2D eigenvalue weighted by atomic mass is 10.2. The van der Waals surface area contributed by atoms with Crippen LogP contribution in [0.4, 0.5) is 5.69 Å². The molecule has 0 aliphatic carbocycles. The van der Waals surface area contributed by atoms with E-state index in [9.17, 15) is 0 Å². The number of halogens is 1. The van der Waals surface area contributed by atoms with Gasteiger partial charge in [-0.25, -0.2) is 0 Å². The van der Waals surface area contributed by atoms with E-state index < -0.39 is 0 Å². The molecule has 5 heteroatoms. The predicted octanol–water partition coefficient (Wildman–Crippen LogP) is 3.44. The van der Waals surface area contributed by atoms with Gasteiger partial charge in [0.2, 0.25) is 0 Å². The van der Waals surface area contributed by atoms with Gasteiger partial charge in [-0.3, -0.25) is 4.68 Å². The first-order chi connectivity index (χ1) is 9.79. The van der Waals surface area contributed by atoms with Crippen LogP contribution in [0.15, 0.2) is 41.1 Å². The molecule has 0 saturated carbocycles. The minimum atomic E-state index is 0.328. The van der Waals surface area contributed by atoms with E-state index in [0.717, 1.165) is 36.3 Å². The van der Waals surface area contributed by atoms with E-state index in [2.05, 4.69) is 50.6 Å². The predicted molar refractivity (Wildman–Crippen MR) is 82.7 cm³/mol. The van der Waals surface area contributed by atoms with Crippen LogP contribution >= 0.6 is 15.9 Å². The zero-order valence-electron chi connectivity index (χ0n) is 11.3. The van der Waals surface area contributed by atoms with Crippen molar-refractivity contribution in [1.82, 2.24) is 9.78 Å². The van der Waals surface area contributed by atoms with Crippen molar-refractivity contribution < 1.29 is 4.74 Å². The van der Waals surface area contributed by atoms with Crippen LogP contribution in [0, 0.1) is 0 Å². The van der Waals surface area contributed by atoms with Gasteiger partial charge in [-0.05, 0) is 30.5 Å². The minimum Gasteiger partial charge on any atom is -0.378 e. The Morgan fingerprint density at radius 3 is 2.95 bits per heavy atom. The second-order valence-corrected chi connectivity index (χ2v) is 5.98.